The number of rotatable bonds is 5. The fraction of sp³-hybridized carbons (Fsp3) is 0.381. The maximum Gasteiger partial charge on any atom is 0.256 e. The van der Waals surface area contributed by atoms with E-state index in [1.807, 2.05) is 13.0 Å². The molecule has 8 nitrogen and oxygen atoms in total. The monoisotopic (exact) mass is 475 g/mol. The number of nitro groups is 1. The second-order valence-electron chi connectivity index (χ2n) is 7.45. The molecule has 1 fully saturated rings. The number of ether oxygens (including phenoxy) is 2. The number of para-hydroxylation sites is 1. The average Bonchev–Trinajstić information content (AvgIpc) is 3.19. The molecule has 0 saturated carbocycles. The molecule has 2 aromatic carbocycles. The molecule has 0 unspecified atom stereocenters. The number of carbonyl (C=O) groups excluding carboxylic acids is 1. The van der Waals surface area contributed by atoms with Crippen LogP contribution in [0.4, 0.5) is 5.69 Å². The van der Waals surface area contributed by atoms with Gasteiger partial charge in [-0.2, -0.15) is 0 Å². The van der Waals surface area contributed by atoms with Crippen LogP contribution in [0.15, 0.2) is 40.9 Å². The Morgan fingerprint density at radius 1 is 1.37 bits per heavy atom. The Bertz CT molecular complexity index is 1030. The lowest BCUT2D eigenvalue weighted by atomic mass is 9.79. The van der Waals surface area contributed by atoms with Gasteiger partial charge < -0.3 is 14.8 Å². The van der Waals surface area contributed by atoms with E-state index in [2.05, 4.69) is 21.2 Å². The van der Waals surface area contributed by atoms with Crippen LogP contribution in [0.3, 0.4) is 0 Å². The number of hydrogen-bond acceptors (Lipinski definition) is 6. The van der Waals surface area contributed by atoms with E-state index in [1.165, 1.54) is 7.11 Å². The van der Waals surface area contributed by atoms with Crippen molar-refractivity contribution < 1.29 is 19.2 Å². The van der Waals surface area contributed by atoms with Crippen molar-refractivity contribution in [1.29, 1.82) is 0 Å². The van der Waals surface area contributed by atoms with Gasteiger partial charge in [-0.1, -0.05) is 18.2 Å². The summed E-state index contributed by atoms with van der Waals surface area (Å²) in [7, 11) is 3.29. The largest absolute Gasteiger partial charge is 0.493 e. The molecule has 0 aliphatic carbocycles. The molecular weight excluding hydrogens is 454 g/mol. The zero-order valence-electron chi connectivity index (χ0n) is 16.8. The number of hydrogen-bond donors (Lipinski definition) is 1. The summed E-state index contributed by atoms with van der Waals surface area (Å²) in [6.45, 7) is 2.67. The van der Waals surface area contributed by atoms with Crippen molar-refractivity contribution in [2.75, 3.05) is 32.6 Å². The number of amides is 1. The SMILES string of the molecule is CCOc1c(Br)cc([C@@H]2CN(C)[C@]3(C(=O)Nc4ccccc43)[C@@H]2[N+](=O)[O-])cc1OC. The number of benzene rings is 2. The molecule has 9 heteroatoms. The van der Waals surface area contributed by atoms with Crippen molar-refractivity contribution in [3.63, 3.8) is 0 Å². The Morgan fingerprint density at radius 2 is 2.10 bits per heavy atom. The first-order valence-corrected chi connectivity index (χ1v) is 10.4. The van der Waals surface area contributed by atoms with Crippen LogP contribution in [0, 0.1) is 10.1 Å². The standard InChI is InChI=1S/C21H22BrN3O5/c1-4-30-18-15(22)9-12(10-17(18)29-3)13-11-24(2)21(19(13)25(27)28)14-7-5-6-8-16(14)23-20(21)26/h5-10,13,19H,4,11H2,1-3H3,(H,23,26)/t13-,19+,21-/m0/s1. The van der Waals surface area contributed by atoms with Gasteiger partial charge in [0.15, 0.2) is 17.0 Å². The van der Waals surface area contributed by atoms with Crippen molar-refractivity contribution >= 4 is 27.5 Å². The van der Waals surface area contributed by atoms with Crippen LogP contribution in [0.2, 0.25) is 0 Å². The van der Waals surface area contributed by atoms with E-state index in [1.54, 1.807) is 42.3 Å². The second-order valence-corrected chi connectivity index (χ2v) is 8.30. The van der Waals surface area contributed by atoms with Gasteiger partial charge in [0.1, 0.15) is 0 Å². The molecule has 1 saturated heterocycles. The van der Waals surface area contributed by atoms with Gasteiger partial charge >= 0.3 is 0 Å². The van der Waals surface area contributed by atoms with Crippen LogP contribution in [0.25, 0.3) is 0 Å². The van der Waals surface area contributed by atoms with Crippen LogP contribution >= 0.6 is 15.9 Å². The number of carbonyl (C=O) groups is 1. The topological polar surface area (TPSA) is 93.9 Å². The highest BCUT2D eigenvalue weighted by atomic mass is 79.9. The fourth-order valence-corrected chi connectivity index (χ4v) is 5.39. The summed E-state index contributed by atoms with van der Waals surface area (Å²) in [6.07, 6.45) is 0. The Kier molecular flexibility index (Phi) is 5.19. The average molecular weight is 476 g/mol. The summed E-state index contributed by atoms with van der Waals surface area (Å²) in [5.41, 5.74) is 0.596. The number of halogens is 1. The number of nitrogens with one attached hydrogen (secondary N) is 1. The number of likely N-dealkylation sites (tertiary alicyclic amines) is 1. The molecule has 1 spiro atoms. The van der Waals surface area contributed by atoms with E-state index in [0.717, 1.165) is 0 Å². The Balaban J connectivity index is 1.87. The van der Waals surface area contributed by atoms with Crippen LogP contribution in [0.1, 0.15) is 24.0 Å². The zero-order chi connectivity index (χ0) is 21.6. The zero-order valence-corrected chi connectivity index (χ0v) is 18.4. The van der Waals surface area contributed by atoms with Crippen LogP contribution in [-0.4, -0.2) is 49.1 Å². The van der Waals surface area contributed by atoms with Crippen molar-refractivity contribution in [1.82, 2.24) is 4.90 Å². The molecule has 0 radical (unpaired) electrons. The lowest BCUT2D eigenvalue weighted by Gasteiger charge is -2.30. The third-order valence-electron chi connectivity index (χ3n) is 6.01. The third kappa shape index (κ3) is 2.79. The van der Waals surface area contributed by atoms with Crippen LogP contribution < -0.4 is 14.8 Å². The minimum Gasteiger partial charge on any atom is -0.493 e. The minimum absolute atomic E-state index is 0.327. The number of anilines is 1. The van der Waals surface area contributed by atoms with Crippen LogP contribution in [-0.2, 0) is 10.3 Å². The number of methoxy groups -OCH3 is 1. The van der Waals surface area contributed by atoms with E-state index < -0.39 is 17.5 Å². The molecule has 3 atom stereocenters. The normalized spacial score (nSPS) is 25.3. The van der Waals surface area contributed by atoms with E-state index in [0.29, 0.717) is 45.9 Å². The first-order valence-electron chi connectivity index (χ1n) is 9.62. The van der Waals surface area contributed by atoms with Gasteiger partial charge in [-0.3, -0.25) is 19.8 Å². The lowest BCUT2D eigenvalue weighted by Crippen LogP contribution is -2.54. The summed E-state index contributed by atoms with van der Waals surface area (Å²) < 4.78 is 11.8. The summed E-state index contributed by atoms with van der Waals surface area (Å²) >= 11 is 3.50. The highest BCUT2D eigenvalue weighted by Crippen LogP contribution is 2.53. The first-order chi connectivity index (χ1) is 14.4. The molecule has 1 N–H and O–H groups in total. The molecule has 2 aliphatic heterocycles. The third-order valence-corrected chi connectivity index (χ3v) is 6.60. The molecule has 0 bridgehead atoms. The first kappa shape index (κ1) is 20.6. The predicted octanol–water partition coefficient (Wildman–Crippen LogP) is 3.38. The van der Waals surface area contributed by atoms with Crippen molar-refractivity contribution in [3.05, 3.63) is 62.1 Å². The van der Waals surface area contributed by atoms with E-state index in [9.17, 15) is 14.9 Å². The number of fused-ring (bicyclic) bond motifs is 2. The Hall–Kier alpha value is -2.65. The van der Waals surface area contributed by atoms with E-state index in [4.69, 9.17) is 9.47 Å². The summed E-state index contributed by atoms with van der Waals surface area (Å²) in [5, 5.41) is 15.2. The minimum atomic E-state index is -1.37. The molecule has 2 aromatic rings. The number of likely N-dealkylation sites (N-methyl/N-ethyl adjacent to an activating group) is 1. The molecule has 4 rings (SSSR count). The predicted molar refractivity (Wildman–Crippen MR) is 115 cm³/mol. The summed E-state index contributed by atoms with van der Waals surface area (Å²) in [5.74, 6) is 0.143. The van der Waals surface area contributed by atoms with Crippen LogP contribution in [0.5, 0.6) is 11.5 Å². The fourth-order valence-electron chi connectivity index (χ4n) is 4.82. The van der Waals surface area contributed by atoms with Crippen molar-refractivity contribution in [3.8, 4) is 11.5 Å². The molecule has 2 aliphatic rings. The van der Waals surface area contributed by atoms with Gasteiger partial charge in [0, 0.05) is 22.7 Å². The van der Waals surface area contributed by atoms with Gasteiger partial charge in [0.25, 0.3) is 11.9 Å². The number of nitrogens with zero attached hydrogens (tertiary/aromatic N) is 2. The highest BCUT2D eigenvalue weighted by molar-refractivity contribution is 9.10. The van der Waals surface area contributed by atoms with Crippen molar-refractivity contribution in [2.24, 2.45) is 0 Å². The molecular formula is C21H22BrN3O5. The highest BCUT2D eigenvalue weighted by Gasteiger charge is 2.68. The van der Waals surface area contributed by atoms with Gasteiger partial charge in [-0.25, -0.2) is 0 Å². The Morgan fingerprint density at radius 3 is 2.77 bits per heavy atom. The van der Waals surface area contributed by atoms with E-state index in [-0.39, 0.29) is 10.8 Å². The van der Waals surface area contributed by atoms with Gasteiger partial charge in [0.2, 0.25) is 0 Å². The van der Waals surface area contributed by atoms with Gasteiger partial charge in [-0.15, -0.1) is 0 Å². The molecule has 30 heavy (non-hydrogen) atoms. The maximum atomic E-state index is 13.2. The van der Waals surface area contributed by atoms with Gasteiger partial charge in [-0.05, 0) is 53.7 Å². The summed E-state index contributed by atoms with van der Waals surface area (Å²) in [4.78, 5) is 27.0. The smallest absolute Gasteiger partial charge is 0.256 e. The molecule has 158 valence electrons. The Labute approximate surface area is 182 Å². The molecule has 0 aromatic heterocycles. The van der Waals surface area contributed by atoms with Crippen molar-refractivity contribution in [2.45, 2.75) is 24.4 Å². The quantitative estimate of drug-likeness (QED) is 0.526. The lowest BCUT2D eigenvalue weighted by molar-refractivity contribution is -0.534. The second kappa shape index (κ2) is 7.55. The van der Waals surface area contributed by atoms with Gasteiger partial charge in [0.05, 0.1) is 24.1 Å². The summed E-state index contributed by atoms with van der Waals surface area (Å²) in [6, 6.07) is 9.59. The van der Waals surface area contributed by atoms with E-state index >= 15 is 0 Å². The maximum absolute atomic E-state index is 13.2. The molecule has 2 heterocycles. The molecule has 1 amide bonds.